The van der Waals surface area contributed by atoms with E-state index in [9.17, 15) is 4.39 Å². The number of nitrogens with two attached hydrogens (primary N) is 2. The molecule has 0 aliphatic heterocycles. The zero-order chi connectivity index (χ0) is 14.6. The molecule has 1 rings (SSSR count). The first-order valence-corrected chi connectivity index (χ1v) is 6.54. The van der Waals surface area contributed by atoms with E-state index in [0.29, 0.717) is 13.0 Å². The molecule has 0 saturated carbocycles. The van der Waals surface area contributed by atoms with Crippen molar-refractivity contribution in [3.8, 4) is 0 Å². The molecule has 1 aromatic carbocycles. The van der Waals surface area contributed by atoms with E-state index in [-0.39, 0.29) is 34.1 Å². The summed E-state index contributed by atoms with van der Waals surface area (Å²) in [6.07, 6.45) is 1.52. The Kier molecular flexibility index (Phi) is 5.26. The van der Waals surface area contributed by atoms with Crippen molar-refractivity contribution in [2.75, 3.05) is 29.9 Å². The average molecular weight is 290 g/mol. The van der Waals surface area contributed by atoms with Crippen molar-refractivity contribution in [2.24, 2.45) is 5.41 Å². The van der Waals surface area contributed by atoms with Crippen LogP contribution < -0.4 is 16.8 Å². The van der Waals surface area contributed by atoms with Crippen molar-refractivity contribution in [2.45, 2.75) is 26.7 Å². The fourth-order valence-corrected chi connectivity index (χ4v) is 1.97. The summed E-state index contributed by atoms with van der Waals surface area (Å²) >= 11 is 5.76. The molecule has 0 aliphatic rings. The molecule has 6 heteroatoms. The van der Waals surface area contributed by atoms with Gasteiger partial charge >= 0.3 is 0 Å². The summed E-state index contributed by atoms with van der Waals surface area (Å²) in [5, 5.41) is 11.7. The Morgan fingerprint density at radius 1 is 1.37 bits per heavy atom. The van der Waals surface area contributed by atoms with Crippen molar-refractivity contribution in [3.63, 3.8) is 0 Å². The van der Waals surface area contributed by atoms with Crippen molar-refractivity contribution < 1.29 is 9.50 Å². The maximum absolute atomic E-state index is 14.0. The number of aliphatic hydroxyl groups excluding tert-OH is 1. The maximum Gasteiger partial charge on any atom is 0.169 e. The molecular weight excluding hydrogens is 269 g/mol. The van der Waals surface area contributed by atoms with Crippen molar-refractivity contribution in [1.29, 1.82) is 0 Å². The van der Waals surface area contributed by atoms with Gasteiger partial charge in [-0.1, -0.05) is 25.4 Å². The molecule has 0 aromatic heterocycles. The molecule has 0 radical (unpaired) electrons. The SMILES string of the molecule is CC(C)(CCCO)CNc1c(N)cc(N)c(Cl)c1F. The van der Waals surface area contributed by atoms with Crippen LogP contribution in [0.2, 0.25) is 5.02 Å². The lowest BCUT2D eigenvalue weighted by Crippen LogP contribution is -2.24. The van der Waals surface area contributed by atoms with E-state index in [0.717, 1.165) is 6.42 Å². The Hall–Kier alpha value is -1.20. The number of nitrogens with one attached hydrogen (secondary N) is 1. The number of hydrogen-bond donors (Lipinski definition) is 4. The van der Waals surface area contributed by atoms with Crippen LogP contribution in [0.3, 0.4) is 0 Å². The van der Waals surface area contributed by atoms with Gasteiger partial charge in [-0.3, -0.25) is 0 Å². The lowest BCUT2D eigenvalue weighted by atomic mass is 9.88. The van der Waals surface area contributed by atoms with Gasteiger partial charge in [-0.15, -0.1) is 0 Å². The highest BCUT2D eigenvalue weighted by atomic mass is 35.5. The Balaban J connectivity index is 2.81. The monoisotopic (exact) mass is 289 g/mol. The van der Waals surface area contributed by atoms with E-state index in [1.807, 2.05) is 13.8 Å². The summed E-state index contributed by atoms with van der Waals surface area (Å²) in [6.45, 7) is 4.73. The predicted molar refractivity (Wildman–Crippen MR) is 78.8 cm³/mol. The molecule has 0 saturated heterocycles. The Labute approximate surface area is 117 Å². The first kappa shape index (κ1) is 15.9. The second kappa shape index (κ2) is 6.30. The molecule has 1 aromatic rings. The van der Waals surface area contributed by atoms with E-state index in [2.05, 4.69) is 5.32 Å². The Bertz CT molecular complexity index is 452. The summed E-state index contributed by atoms with van der Waals surface area (Å²) in [6, 6.07) is 1.44. The van der Waals surface area contributed by atoms with E-state index in [1.165, 1.54) is 6.07 Å². The van der Waals surface area contributed by atoms with Gasteiger partial charge in [0.15, 0.2) is 5.82 Å². The average Bonchev–Trinajstić information content (AvgIpc) is 2.33. The highest BCUT2D eigenvalue weighted by Crippen LogP contribution is 2.34. The van der Waals surface area contributed by atoms with Crippen LogP contribution >= 0.6 is 11.6 Å². The number of benzene rings is 1. The fraction of sp³-hybridized carbons (Fsp3) is 0.538. The van der Waals surface area contributed by atoms with Crippen LogP contribution in [0.4, 0.5) is 21.5 Å². The third-order valence-corrected chi connectivity index (χ3v) is 3.40. The summed E-state index contributed by atoms with van der Waals surface area (Å²) in [7, 11) is 0. The lowest BCUT2D eigenvalue weighted by molar-refractivity contribution is 0.248. The van der Waals surface area contributed by atoms with Gasteiger partial charge in [0.05, 0.1) is 17.1 Å². The highest BCUT2D eigenvalue weighted by Gasteiger charge is 2.20. The summed E-state index contributed by atoms with van der Waals surface area (Å²) in [4.78, 5) is 0. The van der Waals surface area contributed by atoms with E-state index in [1.54, 1.807) is 0 Å². The van der Waals surface area contributed by atoms with Gasteiger partial charge in [0.25, 0.3) is 0 Å². The van der Waals surface area contributed by atoms with Crippen LogP contribution in [0.1, 0.15) is 26.7 Å². The number of aliphatic hydroxyl groups is 1. The lowest BCUT2D eigenvalue weighted by Gasteiger charge is -2.26. The molecule has 6 N–H and O–H groups in total. The third-order valence-electron chi connectivity index (χ3n) is 3.02. The van der Waals surface area contributed by atoms with Crippen molar-refractivity contribution in [1.82, 2.24) is 0 Å². The summed E-state index contributed by atoms with van der Waals surface area (Å²) in [5.74, 6) is -0.628. The highest BCUT2D eigenvalue weighted by molar-refractivity contribution is 6.33. The minimum atomic E-state index is -0.628. The van der Waals surface area contributed by atoms with Crippen LogP contribution in [0, 0.1) is 11.2 Å². The van der Waals surface area contributed by atoms with Crippen molar-refractivity contribution in [3.05, 3.63) is 16.9 Å². The van der Waals surface area contributed by atoms with Gasteiger partial charge in [0, 0.05) is 13.2 Å². The first-order chi connectivity index (χ1) is 8.78. The topological polar surface area (TPSA) is 84.3 Å². The first-order valence-electron chi connectivity index (χ1n) is 6.16. The number of anilines is 3. The standard InChI is InChI=1S/C13H21ClFN3O/c1-13(2,4-3-5-19)7-18-12-9(17)6-8(16)10(14)11(12)15/h6,18-19H,3-5,7,16-17H2,1-2H3. The minimum absolute atomic E-state index is 0.0878. The van der Waals surface area contributed by atoms with Crippen LogP contribution in [0.5, 0.6) is 0 Å². The molecule has 0 aliphatic carbocycles. The van der Waals surface area contributed by atoms with Crippen molar-refractivity contribution >= 4 is 28.7 Å². The smallest absolute Gasteiger partial charge is 0.169 e. The molecular formula is C13H21ClFN3O. The fourth-order valence-electron chi connectivity index (χ4n) is 1.82. The van der Waals surface area contributed by atoms with E-state index >= 15 is 0 Å². The van der Waals surface area contributed by atoms with Crippen LogP contribution in [-0.2, 0) is 0 Å². The Morgan fingerprint density at radius 2 is 2.00 bits per heavy atom. The third kappa shape index (κ3) is 4.14. The largest absolute Gasteiger partial charge is 0.397 e. The molecule has 0 bridgehead atoms. The molecule has 0 spiro atoms. The molecule has 4 nitrogen and oxygen atoms in total. The van der Waals surface area contributed by atoms with Crippen LogP contribution in [0.25, 0.3) is 0 Å². The van der Waals surface area contributed by atoms with Gasteiger partial charge < -0.3 is 21.9 Å². The summed E-state index contributed by atoms with van der Waals surface area (Å²) < 4.78 is 14.0. The number of nitrogen functional groups attached to an aromatic ring is 2. The molecule has 0 atom stereocenters. The molecule has 0 fully saturated rings. The van der Waals surface area contributed by atoms with E-state index < -0.39 is 5.82 Å². The number of rotatable bonds is 6. The summed E-state index contributed by atoms with van der Waals surface area (Å²) in [5.41, 5.74) is 11.7. The van der Waals surface area contributed by atoms with E-state index in [4.69, 9.17) is 28.2 Å². The maximum atomic E-state index is 14.0. The molecule has 0 heterocycles. The van der Waals surface area contributed by atoms with Gasteiger partial charge in [-0.25, -0.2) is 4.39 Å². The van der Waals surface area contributed by atoms with Gasteiger partial charge in [-0.05, 0) is 24.3 Å². The second-order valence-corrected chi connectivity index (χ2v) is 5.78. The zero-order valence-electron chi connectivity index (χ0n) is 11.3. The van der Waals surface area contributed by atoms with Gasteiger partial charge in [-0.2, -0.15) is 0 Å². The van der Waals surface area contributed by atoms with Crippen LogP contribution in [-0.4, -0.2) is 18.3 Å². The molecule has 0 unspecified atom stereocenters. The molecule has 0 amide bonds. The van der Waals surface area contributed by atoms with Gasteiger partial charge in [0.1, 0.15) is 5.02 Å². The molecule has 19 heavy (non-hydrogen) atoms. The minimum Gasteiger partial charge on any atom is -0.397 e. The van der Waals surface area contributed by atoms with Crippen LogP contribution in [0.15, 0.2) is 6.07 Å². The zero-order valence-corrected chi connectivity index (χ0v) is 12.0. The van der Waals surface area contributed by atoms with Gasteiger partial charge in [0.2, 0.25) is 0 Å². The normalized spacial score (nSPS) is 11.6. The predicted octanol–water partition coefficient (Wildman–Crippen LogP) is 2.85. The molecule has 108 valence electrons. The second-order valence-electron chi connectivity index (χ2n) is 5.40. The number of hydrogen-bond acceptors (Lipinski definition) is 4. The quantitative estimate of drug-likeness (QED) is 0.607. The number of halogens is 2. The Morgan fingerprint density at radius 3 is 2.58 bits per heavy atom.